The van der Waals surface area contributed by atoms with Crippen molar-refractivity contribution in [1.82, 2.24) is 29.5 Å². The zero-order valence-corrected chi connectivity index (χ0v) is 16.4. The van der Waals surface area contributed by atoms with Crippen LogP contribution >= 0.6 is 11.3 Å². The second-order valence-electron chi connectivity index (χ2n) is 6.96. The molecule has 0 saturated carbocycles. The summed E-state index contributed by atoms with van der Waals surface area (Å²) < 4.78 is 1.86. The van der Waals surface area contributed by atoms with E-state index in [1.54, 1.807) is 30.7 Å². The average Bonchev–Trinajstić information content (AvgIpc) is 3.08. The molecule has 0 N–H and O–H groups in total. The van der Waals surface area contributed by atoms with Gasteiger partial charge in [-0.25, -0.2) is 19.5 Å². The van der Waals surface area contributed by atoms with Crippen molar-refractivity contribution in [2.75, 3.05) is 18.0 Å². The molecule has 0 aromatic carbocycles. The summed E-state index contributed by atoms with van der Waals surface area (Å²) >= 11 is 1.62. The van der Waals surface area contributed by atoms with E-state index in [1.807, 2.05) is 22.5 Å². The monoisotopic (exact) mass is 385 g/mol. The van der Waals surface area contributed by atoms with Crippen LogP contribution in [0, 0.1) is 6.92 Å². The highest BCUT2D eigenvalue weighted by Crippen LogP contribution is 2.27. The largest absolute Gasteiger partial charge is 0.347 e. The number of hydrogen-bond acceptors (Lipinski definition) is 7. The van der Waals surface area contributed by atoms with E-state index in [9.17, 15) is 4.79 Å². The Labute approximate surface area is 161 Å². The standard InChI is InChI=1S/C18H23N7OS/c1-13-10-25-17(21-13)27-18(22-25)23-6-3-4-16(5-7-23)24(14(2)26)11-15-8-19-12-20-9-15/h8-10,12,16H,3-7,11H2,1-2H3/t16-/m0/s1. The van der Waals surface area contributed by atoms with Gasteiger partial charge in [0.1, 0.15) is 6.33 Å². The van der Waals surface area contributed by atoms with Crippen molar-refractivity contribution < 1.29 is 4.79 Å². The Bertz CT molecular complexity index is 891. The first-order chi connectivity index (χ1) is 13.1. The van der Waals surface area contributed by atoms with Gasteiger partial charge < -0.3 is 9.80 Å². The van der Waals surface area contributed by atoms with Crippen LogP contribution in [-0.4, -0.2) is 54.5 Å². The third-order valence-corrected chi connectivity index (χ3v) is 5.92. The predicted octanol–water partition coefficient (Wildman–Crippen LogP) is 2.30. The van der Waals surface area contributed by atoms with Crippen LogP contribution in [0.5, 0.6) is 0 Å². The van der Waals surface area contributed by atoms with Gasteiger partial charge >= 0.3 is 0 Å². The molecule has 0 spiro atoms. The van der Waals surface area contributed by atoms with Crippen LogP contribution in [0.2, 0.25) is 0 Å². The third kappa shape index (κ3) is 3.92. The van der Waals surface area contributed by atoms with E-state index >= 15 is 0 Å². The van der Waals surface area contributed by atoms with Crippen LogP contribution in [0.3, 0.4) is 0 Å². The zero-order valence-electron chi connectivity index (χ0n) is 15.6. The van der Waals surface area contributed by atoms with Gasteiger partial charge in [-0.2, -0.15) is 0 Å². The number of carbonyl (C=O) groups excluding carboxylic acids is 1. The molecule has 1 aliphatic rings. The number of fused-ring (bicyclic) bond motifs is 1. The number of rotatable bonds is 4. The van der Waals surface area contributed by atoms with Crippen molar-refractivity contribution in [3.8, 4) is 0 Å². The highest BCUT2D eigenvalue weighted by atomic mass is 32.1. The summed E-state index contributed by atoms with van der Waals surface area (Å²) in [7, 11) is 0. The van der Waals surface area contributed by atoms with Crippen molar-refractivity contribution in [3.05, 3.63) is 36.2 Å². The highest BCUT2D eigenvalue weighted by molar-refractivity contribution is 7.20. The van der Waals surface area contributed by atoms with Crippen molar-refractivity contribution in [1.29, 1.82) is 0 Å². The minimum atomic E-state index is 0.0977. The second-order valence-corrected chi connectivity index (χ2v) is 7.89. The topological polar surface area (TPSA) is 79.5 Å². The second kappa shape index (κ2) is 7.59. The van der Waals surface area contributed by atoms with Crippen LogP contribution in [-0.2, 0) is 11.3 Å². The molecular weight excluding hydrogens is 362 g/mol. The molecule has 9 heteroatoms. The van der Waals surface area contributed by atoms with E-state index in [0.29, 0.717) is 6.54 Å². The molecule has 1 aliphatic heterocycles. The fourth-order valence-electron chi connectivity index (χ4n) is 3.61. The van der Waals surface area contributed by atoms with Gasteiger partial charge in [0.2, 0.25) is 16.0 Å². The van der Waals surface area contributed by atoms with Crippen LogP contribution in [0.25, 0.3) is 4.96 Å². The maximum atomic E-state index is 12.3. The average molecular weight is 385 g/mol. The molecule has 8 nitrogen and oxygen atoms in total. The summed E-state index contributed by atoms with van der Waals surface area (Å²) in [5, 5.41) is 5.68. The lowest BCUT2D eigenvalue weighted by Crippen LogP contribution is -2.39. The number of amides is 1. The van der Waals surface area contributed by atoms with E-state index in [0.717, 1.165) is 53.7 Å². The zero-order chi connectivity index (χ0) is 18.8. The summed E-state index contributed by atoms with van der Waals surface area (Å²) in [4.78, 5) is 30.1. The van der Waals surface area contributed by atoms with Gasteiger partial charge in [-0.05, 0) is 26.2 Å². The van der Waals surface area contributed by atoms with Gasteiger partial charge in [0.15, 0.2) is 0 Å². The number of anilines is 1. The smallest absolute Gasteiger partial charge is 0.219 e. The summed E-state index contributed by atoms with van der Waals surface area (Å²) in [6.07, 6.45) is 9.96. The first-order valence-electron chi connectivity index (χ1n) is 9.19. The summed E-state index contributed by atoms with van der Waals surface area (Å²) in [5.41, 5.74) is 1.95. The maximum absolute atomic E-state index is 12.3. The van der Waals surface area contributed by atoms with Crippen LogP contribution in [0.1, 0.15) is 37.4 Å². The SMILES string of the molecule is CC(=O)N(Cc1cncnc1)[C@H]1CCCN(c2nn3cc(C)nc3s2)CC1. The van der Waals surface area contributed by atoms with Gasteiger partial charge in [0.05, 0.1) is 11.9 Å². The molecule has 1 atom stereocenters. The van der Waals surface area contributed by atoms with Gasteiger partial charge in [-0.1, -0.05) is 11.3 Å². The first-order valence-corrected chi connectivity index (χ1v) is 10.0. The van der Waals surface area contributed by atoms with Gasteiger partial charge in [-0.3, -0.25) is 4.79 Å². The lowest BCUT2D eigenvalue weighted by atomic mass is 10.1. The Hall–Kier alpha value is -2.55. The minimum Gasteiger partial charge on any atom is -0.347 e. The predicted molar refractivity (Wildman–Crippen MR) is 104 cm³/mol. The van der Waals surface area contributed by atoms with Crippen molar-refractivity contribution >= 4 is 27.3 Å². The summed E-state index contributed by atoms with van der Waals surface area (Å²) in [6, 6.07) is 0.221. The highest BCUT2D eigenvalue weighted by Gasteiger charge is 2.26. The molecular formula is C18H23N7OS. The Morgan fingerprint density at radius 3 is 2.85 bits per heavy atom. The maximum Gasteiger partial charge on any atom is 0.219 e. The molecule has 142 valence electrons. The Balaban J connectivity index is 1.46. The van der Waals surface area contributed by atoms with Crippen molar-refractivity contribution in [2.45, 2.75) is 45.7 Å². The molecule has 3 aromatic heterocycles. The number of hydrogen-bond donors (Lipinski definition) is 0. The molecule has 4 heterocycles. The Morgan fingerprint density at radius 1 is 1.30 bits per heavy atom. The summed E-state index contributed by atoms with van der Waals surface area (Å²) in [6.45, 7) is 6.02. The molecule has 1 saturated heterocycles. The normalized spacial score (nSPS) is 17.9. The minimum absolute atomic E-state index is 0.0977. The molecule has 1 fully saturated rings. The van der Waals surface area contributed by atoms with E-state index in [-0.39, 0.29) is 11.9 Å². The molecule has 0 aliphatic carbocycles. The number of carbonyl (C=O) groups is 1. The molecule has 3 aromatic rings. The Morgan fingerprint density at radius 2 is 2.11 bits per heavy atom. The van der Waals surface area contributed by atoms with Gasteiger partial charge in [-0.15, -0.1) is 5.10 Å². The van der Waals surface area contributed by atoms with Crippen LogP contribution in [0.4, 0.5) is 5.13 Å². The van der Waals surface area contributed by atoms with Crippen LogP contribution < -0.4 is 4.90 Å². The fraction of sp³-hybridized carbons (Fsp3) is 0.500. The third-order valence-electron chi connectivity index (χ3n) is 4.93. The van der Waals surface area contributed by atoms with E-state index in [1.165, 1.54) is 6.33 Å². The quantitative estimate of drug-likeness (QED) is 0.686. The van der Waals surface area contributed by atoms with Crippen LogP contribution in [0.15, 0.2) is 24.9 Å². The van der Waals surface area contributed by atoms with Crippen molar-refractivity contribution in [2.24, 2.45) is 0 Å². The summed E-state index contributed by atoms with van der Waals surface area (Å²) in [5.74, 6) is 0.0977. The Kier molecular flexibility index (Phi) is 5.02. The number of imidazole rings is 1. The molecule has 4 rings (SSSR count). The number of nitrogens with zero attached hydrogens (tertiary/aromatic N) is 7. The first kappa shape index (κ1) is 17.8. The molecule has 27 heavy (non-hydrogen) atoms. The molecule has 0 unspecified atom stereocenters. The molecule has 1 amide bonds. The lowest BCUT2D eigenvalue weighted by molar-refractivity contribution is -0.132. The lowest BCUT2D eigenvalue weighted by Gasteiger charge is -2.30. The molecule has 0 radical (unpaired) electrons. The van der Waals surface area contributed by atoms with Gasteiger partial charge in [0, 0.05) is 50.6 Å². The molecule has 0 bridgehead atoms. The number of aryl methyl sites for hydroxylation is 1. The van der Waals surface area contributed by atoms with E-state index in [4.69, 9.17) is 0 Å². The van der Waals surface area contributed by atoms with Gasteiger partial charge in [0.25, 0.3) is 0 Å². The van der Waals surface area contributed by atoms with E-state index in [2.05, 4.69) is 25.0 Å². The fourth-order valence-corrected chi connectivity index (χ4v) is 4.59. The van der Waals surface area contributed by atoms with Crippen molar-refractivity contribution in [3.63, 3.8) is 0 Å². The van der Waals surface area contributed by atoms with E-state index < -0.39 is 0 Å². The number of aromatic nitrogens is 5.